The minimum absolute atomic E-state index is 0.0708. The van der Waals surface area contributed by atoms with Crippen molar-refractivity contribution in [2.24, 2.45) is 11.8 Å². The summed E-state index contributed by atoms with van der Waals surface area (Å²) in [6.07, 6.45) is -0.725. The summed E-state index contributed by atoms with van der Waals surface area (Å²) in [4.78, 5) is 39.0. The molecule has 8 nitrogen and oxygen atoms in total. The van der Waals surface area contributed by atoms with Gasteiger partial charge >= 0.3 is 12.1 Å². The van der Waals surface area contributed by atoms with Crippen molar-refractivity contribution in [1.29, 1.82) is 0 Å². The van der Waals surface area contributed by atoms with Gasteiger partial charge in [-0.15, -0.1) is 0 Å². The lowest BCUT2D eigenvalue weighted by atomic mass is 9.98. The molecule has 2 amide bonds. The Labute approximate surface area is 198 Å². The third-order valence-corrected chi connectivity index (χ3v) is 6.84. The summed E-state index contributed by atoms with van der Waals surface area (Å²) in [5.41, 5.74) is 3.06. The van der Waals surface area contributed by atoms with E-state index in [1.165, 1.54) is 12.0 Å². The molecule has 0 spiro atoms. The Bertz CT molecular complexity index is 1060. The van der Waals surface area contributed by atoms with Gasteiger partial charge in [-0.3, -0.25) is 9.59 Å². The minimum Gasteiger partial charge on any atom is -0.481 e. The summed E-state index contributed by atoms with van der Waals surface area (Å²) in [6.45, 7) is 3.83. The van der Waals surface area contributed by atoms with Crippen LogP contribution in [0.15, 0.2) is 48.5 Å². The second kappa shape index (κ2) is 9.46. The maximum atomic E-state index is 13.3. The molecule has 1 fully saturated rings. The summed E-state index contributed by atoms with van der Waals surface area (Å²) in [7, 11) is 1.44. The number of carboxylic acid groups (broad SMARTS) is 1. The lowest BCUT2D eigenvalue weighted by Crippen LogP contribution is -2.60. The number of rotatable bonds is 7. The number of benzene rings is 2. The van der Waals surface area contributed by atoms with Crippen LogP contribution in [0.2, 0.25) is 0 Å². The molecule has 0 aromatic heterocycles. The highest BCUT2D eigenvalue weighted by molar-refractivity contribution is 5.90. The summed E-state index contributed by atoms with van der Waals surface area (Å²) in [5, 5.41) is 12.1. The number of nitrogens with one attached hydrogen (secondary N) is 1. The van der Waals surface area contributed by atoms with Crippen LogP contribution >= 0.6 is 0 Å². The lowest BCUT2D eigenvalue weighted by molar-refractivity contribution is -0.143. The van der Waals surface area contributed by atoms with Crippen molar-refractivity contribution >= 4 is 18.0 Å². The third kappa shape index (κ3) is 4.37. The first-order valence-electron chi connectivity index (χ1n) is 11.4. The average Bonchev–Trinajstić information content (AvgIpc) is 3.35. The number of fused-ring (bicyclic) bond motifs is 3. The topological polar surface area (TPSA) is 105 Å². The number of nitrogens with zero attached hydrogens (tertiary/aromatic N) is 1. The number of aliphatic carboxylic acids is 1. The van der Waals surface area contributed by atoms with Crippen LogP contribution in [0.5, 0.6) is 0 Å². The van der Waals surface area contributed by atoms with E-state index in [1.807, 2.05) is 36.4 Å². The molecule has 1 unspecified atom stereocenters. The monoisotopic (exact) mass is 466 g/mol. The van der Waals surface area contributed by atoms with Gasteiger partial charge in [-0.25, -0.2) is 4.79 Å². The Morgan fingerprint density at radius 2 is 1.65 bits per heavy atom. The van der Waals surface area contributed by atoms with E-state index in [4.69, 9.17) is 9.47 Å². The Kier molecular flexibility index (Phi) is 6.61. The number of methoxy groups -OCH3 is 1. The zero-order valence-corrected chi connectivity index (χ0v) is 19.6. The highest BCUT2D eigenvalue weighted by Gasteiger charge is 2.45. The van der Waals surface area contributed by atoms with Crippen molar-refractivity contribution in [3.63, 3.8) is 0 Å². The molecule has 1 heterocycles. The van der Waals surface area contributed by atoms with Crippen LogP contribution in [0.1, 0.15) is 30.9 Å². The van der Waals surface area contributed by atoms with E-state index in [1.54, 1.807) is 13.8 Å². The molecule has 2 N–H and O–H groups in total. The maximum absolute atomic E-state index is 13.3. The van der Waals surface area contributed by atoms with E-state index < -0.39 is 29.4 Å². The lowest BCUT2D eigenvalue weighted by Gasteiger charge is -2.32. The standard InChI is InChI=1S/C26H30N2O6/c1-16-12-28(13-21(16)23(29)30)24(31)26(2,15-33-3)27-25(32)34-14-22-19-10-6-4-8-17(19)18-9-5-7-11-20(18)22/h4-11,16,21-22H,12-15H2,1-3H3,(H,27,32)(H,29,30)/t16-,21-,26?/m1/s1. The molecule has 3 atom stereocenters. The number of hydrogen-bond acceptors (Lipinski definition) is 5. The Hall–Kier alpha value is -3.39. The van der Waals surface area contributed by atoms with Crippen molar-refractivity contribution in [3.05, 3.63) is 59.7 Å². The zero-order chi connectivity index (χ0) is 24.5. The predicted molar refractivity (Wildman–Crippen MR) is 125 cm³/mol. The second-order valence-corrected chi connectivity index (χ2v) is 9.35. The molecule has 1 aliphatic carbocycles. The van der Waals surface area contributed by atoms with Crippen molar-refractivity contribution in [1.82, 2.24) is 10.2 Å². The van der Waals surface area contributed by atoms with Crippen molar-refractivity contribution in [2.45, 2.75) is 25.3 Å². The molecular weight excluding hydrogens is 436 g/mol. The number of hydrogen-bond donors (Lipinski definition) is 2. The van der Waals surface area contributed by atoms with Crippen LogP contribution in [-0.4, -0.2) is 66.9 Å². The van der Waals surface area contributed by atoms with Crippen molar-refractivity contribution < 1.29 is 29.0 Å². The normalized spacial score (nSPS) is 20.9. The maximum Gasteiger partial charge on any atom is 0.408 e. The van der Waals surface area contributed by atoms with Crippen LogP contribution in [0.4, 0.5) is 4.79 Å². The first kappa shape index (κ1) is 23.8. The minimum atomic E-state index is -1.38. The molecule has 34 heavy (non-hydrogen) atoms. The molecule has 4 rings (SSSR count). The fourth-order valence-corrected chi connectivity index (χ4v) is 5.10. The van der Waals surface area contributed by atoms with Crippen LogP contribution in [0.3, 0.4) is 0 Å². The van der Waals surface area contributed by atoms with Crippen LogP contribution in [0.25, 0.3) is 11.1 Å². The highest BCUT2D eigenvalue weighted by Crippen LogP contribution is 2.44. The van der Waals surface area contributed by atoms with Crippen molar-refractivity contribution in [2.75, 3.05) is 33.4 Å². The number of ether oxygens (including phenoxy) is 2. The van der Waals surface area contributed by atoms with E-state index in [-0.39, 0.29) is 31.6 Å². The van der Waals surface area contributed by atoms with Gasteiger partial charge in [0, 0.05) is 26.1 Å². The molecule has 1 aliphatic heterocycles. The number of carbonyl (C=O) groups excluding carboxylic acids is 2. The fraction of sp³-hybridized carbons (Fsp3) is 0.423. The van der Waals surface area contributed by atoms with E-state index in [9.17, 15) is 19.5 Å². The SMILES string of the molecule is COCC(C)(NC(=O)OCC1c2ccccc2-c2ccccc21)C(=O)N1C[C@@H](C)[C@H](C(=O)O)C1. The summed E-state index contributed by atoms with van der Waals surface area (Å²) in [6, 6.07) is 16.1. The van der Waals surface area contributed by atoms with Gasteiger partial charge in [0.05, 0.1) is 12.5 Å². The molecule has 180 valence electrons. The molecule has 0 radical (unpaired) electrons. The smallest absolute Gasteiger partial charge is 0.408 e. The summed E-state index contributed by atoms with van der Waals surface area (Å²) >= 11 is 0. The van der Waals surface area contributed by atoms with Crippen LogP contribution in [-0.2, 0) is 19.1 Å². The number of carbonyl (C=O) groups is 3. The fourth-order valence-electron chi connectivity index (χ4n) is 5.10. The molecule has 2 aliphatic rings. The molecule has 2 aromatic rings. The largest absolute Gasteiger partial charge is 0.481 e. The quantitative estimate of drug-likeness (QED) is 0.650. The van der Waals surface area contributed by atoms with Gasteiger partial charge in [0.2, 0.25) is 0 Å². The van der Waals surface area contributed by atoms with E-state index in [0.717, 1.165) is 22.3 Å². The summed E-state index contributed by atoms with van der Waals surface area (Å²) in [5.74, 6) is -2.23. The highest BCUT2D eigenvalue weighted by atomic mass is 16.5. The van der Waals surface area contributed by atoms with Gasteiger partial charge in [-0.2, -0.15) is 0 Å². The number of alkyl carbamates (subject to hydrolysis) is 1. The van der Waals surface area contributed by atoms with E-state index in [0.29, 0.717) is 6.54 Å². The van der Waals surface area contributed by atoms with Crippen LogP contribution in [0, 0.1) is 11.8 Å². The first-order valence-corrected chi connectivity index (χ1v) is 11.4. The third-order valence-electron chi connectivity index (χ3n) is 6.84. The predicted octanol–water partition coefficient (Wildman–Crippen LogP) is 3.11. The summed E-state index contributed by atoms with van der Waals surface area (Å²) < 4.78 is 10.8. The van der Waals surface area contributed by atoms with Gasteiger partial charge in [0.1, 0.15) is 12.1 Å². The van der Waals surface area contributed by atoms with Crippen molar-refractivity contribution in [3.8, 4) is 11.1 Å². The Morgan fingerprint density at radius 1 is 1.06 bits per heavy atom. The van der Waals surface area contributed by atoms with E-state index in [2.05, 4.69) is 17.4 Å². The molecular formula is C26H30N2O6. The van der Waals surface area contributed by atoms with Gasteiger partial charge in [0.25, 0.3) is 5.91 Å². The number of amides is 2. The van der Waals surface area contributed by atoms with Gasteiger partial charge in [-0.1, -0.05) is 55.5 Å². The Morgan fingerprint density at radius 3 is 2.18 bits per heavy atom. The van der Waals surface area contributed by atoms with Gasteiger partial charge < -0.3 is 24.8 Å². The molecule has 0 saturated carbocycles. The zero-order valence-electron chi connectivity index (χ0n) is 19.6. The second-order valence-electron chi connectivity index (χ2n) is 9.35. The molecule has 1 saturated heterocycles. The number of carboxylic acids is 1. The van der Waals surface area contributed by atoms with Gasteiger partial charge in [-0.05, 0) is 35.1 Å². The molecule has 0 bridgehead atoms. The van der Waals surface area contributed by atoms with E-state index >= 15 is 0 Å². The molecule has 2 aromatic carbocycles. The molecule has 8 heteroatoms. The first-order chi connectivity index (χ1) is 16.2. The number of likely N-dealkylation sites (tertiary alicyclic amines) is 1. The average molecular weight is 467 g/mol. The van der Waals surface area contributed by atoms with Gasteiger partial charge in [0.15, 0.2) is 0 Å². The Balaban J connectivity index is 1.45. The van der Waals surface area contributed by atoms with Crippen LogP contribution < -0.4 is 5.32 Å².